The average molecular weight is 461 g/mol. The van der Waals surface area contributed by atoms with E-state index in [0.717, 1.165) is 22.8 Å². The summed E-state index contributed by atoms with van der Waals surface area (Å²) in [6.45, 7) is 9.22. The number of piperazine rings is 1. The topological polar surface area (TPSA) is 67.8 Å². The zero-order valence-corrected chi connectivity index (χ0v) is 20.3. The zero-order valence-electron chi connectivity index (χ0n) is 20.3. The standard InChI is InChI=1S/C27H32N4O3/c1-27(2,3)20-9-11-21(12-10-20)34-19-26(32)31-17-15-30(16-18-31)25-14-13-23(28-29-25)22-7-5-6-8-24(22)33-4/h5-14H,15-19H2,1-4H3. The van der Waals surface area contributed by atoms with E-state index in [-0.39, 0.29) is 17.9 Å². The molecule has 2 heterocycles. The first kappa shape index (κ1) is 23.5. The number of methoxy groups -OCH3 is 1. The second-order valence-electron chi connectivity index (χ2n) is 9.41. The quantitative estimate of drug-likeness (QED) is 0.550. The lowest BCUT2D eigenvalue weighted by Gasteiger charge is -2.35. The van der Waals surface area contributed by atoms with Crippen molar-refractivity contribution in [3.8, 4) is 22.8 Å². The number of carbonyl (C=O) groups excluding carboxylic acids is 1. The third kappa shape index (κ3) is 5.47. The van der Waals surface area contributed by atoms with Gasteiger partial charge in [0.1, 0.15) is 11.5 Å². The predicted molar refractivity (Wildman–Crippen MR) is 133 cm³/mol. The number of aromatic nitrogens is 2. The summed E-state index contributed by atoms with van der Waals surface area (Å²) >= 11 is 0. The number of ether oxygens (including phenoxy) is 2. The molecule has 2 aromatic carbocycles. The molecule has 1 aliphatic rings. The van der Waals surface area contributed by atoms with E-state index in [9.17, 15) is 4.79 Å². The molecule has 1 amide bonds. The number of nitrogens with zero attached hydrogens (tertiary/aromatic N) is 4. The van der Waals surface area contributed by atoms with Crippen molar-refractivity contribution < 1.29 is 14.3 Å². The van der Waals surface area contributed by atoms with Gasteiger partial charge in [-0.15, -0.1) is 10.2 Å². The Hall–Kier alpha value is -3.61. The minimum Gasteiger partial charge on any atom is -0.496 e. The molecule has 0 N–H and O–H groups in total. The number of rotatable bonds is 6. The predicted octanol–water partition coefficient (Wildman–Crippen LogP) is 4.18. The minimum absolute atomic E-state index is 0.00264. The maximum Gasteiger partial charge on any atom is 0.260 e. The largest absolute Gasteiger partial charge is 0.496 e. The van der Waals surface area contributed by atoms with Crippen molar-refractivity contribution >= 4 is 11.7 Å². The van der Waals surface area contributed by atoms with Crippen LogP contribution in [0, 0.1) is 0 Å². The van der Waals surface area contributed by atoms with Crippen LogP contribution in [-0.4, -0.2) is 60.9 Å². The van der Waals surface area contributed by atoms with Crippen LogP contribution in [0.2, 0.25) is 0 Å². The van der Waals surface area contributed by atoms with Crippen LogP contribution in [0.5, 0.6) is 11.5 Å². The lowest BCUT2D eigenvalue weighted by atomic mass is 9.87. The van der Waals surface area contributed by atoms with E-state index in [4.69, 9.17) is 9.47 Å². The van der Waals surface area contributed by atoms with Crippen molar-refractivity contribution in [3.05, 3.63) is 66.2 Å². The highest BCUT2D eigenvalue weighted by molar-refractivity contribution is 5.78. The molecule has 34 heavy (non-hydrogen) atoms. The van der Waals surface area contributed by atoms with Crippen molar-refractivity contribution in [1.29, 1.82) is 0 Å². The first-order valence-electron chi connectivity index (χ1n) is 11.6. The van der Waals surface area contributed by atoms with Gasteiger partial charge in [0.2, 0.25) is 0 Å². The summed E-state index contributed by atoms with van der Waals surface area (Å²) in [6, 6.07) is 19.6. The van der Waals surface area contributed by atoms with Crippen molar-refractivity contribution in [2.24, 2.45) is 0 Å². The van der Waals surface area contributed by atoms with Gasteiger partial charge in [-0.1, -0.05) is 45.0 Å². The van der Waals surface area contributed by atoms with Gasteiger partial charge in [0.15, 0.2) is 12.4 Å². The van der Waals surface area contributed by atoms with Gasteiger partial charge in [-0.25, -0.2) is 0 Å². The Morgan fingerprint density at radius 3 is 2.24 bits per heavy atom. The summed E-state index contributed by atoms with van der Waals surface area (Å²) in [4.78, 5) is 16.6. The van der Waals surface area contributed by atoms with Gasteiger partial charge in [0.25, 0.3) is 5.91 Å². The molecular weight excluding hydrogens is 428 g/mol. The lowest BCUT2D eigenvalue weighted by Crippen LogP contribution is -2.50. The zero-order chi connectivity index (χ0) is 24.1. The monoisotopic (exact) mass is 460 g/mol. The van der Waals surface area contributed by atoms with Gasteiger partial charge in [-0.2, -0.15) is 0 Å². The fraction of sp³-hybridized carbons (Fsp3) is 0.370. The Kier molecular flexibility index (Phi) is 7.01. The molecule has 0 saturated carbocycles. The number of para-hydroxylation sites is 1. The molecule has 0 aliphatic carbocycles. The van der Waals surface area contributed by atoms with Gasteiger partial charge < -0.3 is 19.3 Å². The number of carbonyl (C=O) groups is 1. The average Bonchev–Trinajstić information content (AvgIpc) is 2.87. The van der Waals surface area contributed by atoms with Crippen molar-refractivity contribution in [1.82, 2.24) is 15.1 Å². The summed E-state index contributed by atoms with van der Waals surface area (Å²) in [7, 11) is 1.65. The third-order valence-corrected chi connectivity index (χ3v) is 6.07. The number of benzene rings is 2. The maximum absolute atomic E-state index is 12.6. The van der Waals surface area contributed by atoms with Crippen LogP contribution in [-0.2, 0) is 10.2 Å². The molecule has 1 aromatic heterocycles. The van der Waals surface area contributed by atoms with E-state index in [1.165, 1.54) is 5.56 Å². The van der Waals surface area contributed by atoms with Crippen LogP contribution < -0.4 is 14.4 Å². The highest BCUT2D eigenvalue weighted by Gasteiger charge is 2.23. The molecule has 1 fully saturated rings. The van der Waals surface area contributed by atoms with E-state index < -0.39 is 0 Å². The van der Waals surface area contributed by atoms with Crippen LogP contribution in [0.4, 0.5) is 5.82 Å². The number of anilines is 1. The molecule has 4 rings (SSSR count). The van der Waals surface area contributed by atoms with Gasteiger partial charge >= 0.3 is 0 Å². The number of hydrogen-bond donors (Lipinski definition) is 0. The Bertz CT molecular complexity index is 1100. The first-order valence-corrected chi connectivity index (χ1v) is 11.6. The van der Waals surface area contributed by atoms with E-state index in [1.807, 2.05) is 53.4 Å². The van der Waals surface area contributed by atoms with Crippen molar-refractivity contribution in [3.63, 3.8) is 0 Å². The van der Waals surface area contributed by atoms with Crippen LogP contribution in [0.25, 0.3) is 11.3 Å². The molecule has 7 heteroatoms. The molecule has 1 aliphatic heterocycles. The Labute approximate surface area is 201 Å². The molecule has 0 spiro atoms. The lowest BCUT2D eigenvalue weighted by molar-refractivity contribution is -0.133. The molecule has 7 nitrogen and oxygen atoms in total. The van der Waals surface area contributed by atoms with Gasteiger partial charge in [0, 0.05) is 31.7 Å². The van der Waals surface area contributed by atoms with Crippen LogP contribution in [0.15, 0.2) is 60.7 Å². The summed E-state index contributed by atoms with van der Waals surface area (Å²) in [5.74, 6) is 2.28. The van der Waals surface area contributed by atoms with Gasteiger partial charge in [-0.05, 0) is 47.4 Å². The first-order chi connectivity index (χ1) is 16.3. The third-order valence-electron chi connectivity index (χ3n) is 6.07. The molecule has 0 atom stereocenters. The minimum atomic E-state index is -0.00264. The SMILES string of the molecule is COc1ccccc1-c1ccc(N2CCN(C(=O)COc3ccc(C(C)(C)C)cc3)CC2)nn1. The summed E-state index contributed by atoms with van der Waals surface area (Å²) in [5, 5.41) is 8.82. The smallest absolute Gasteiger partial charge is 0.260 e. The van der Waals surface area contributed by atoms with E-state index in [2.05, 4.69) is 48.0 Å². The van der Waals surface area contributed by atoms with Gasteiger partial charge in [-0.3, -0.25) is 4.79 Å². The van der Waals surface area contributed by atoms with E-state index in [1.54, 1.807) is 7.11 Å². The summed E-state index contributed by atoms with van der Waals surface area (Å²) in [6.07, 6.45) is 0. The summed E-state index contributed by atoms with van der Waals surface area (Å²) < 4.78 is 11.2. The Morgan fingerprint density at radius 2 is 1.62 bits per heavy atom. The molecule has 3 aromatic rings. The Morgan fingerprint density at radius 1 is 0.912 bits per heavy atom. The van der Waals surface area contributed by atoms with Crippen LogP contribution in [0.3, 0.4) is 0 Å². The Balaban J connectivity index is 1.28. The van der Waals surface area contributed by atoms with Crippen LogP contribution >= 0.6 is 0 Å². The second kappa shape index (κ2) is 10.1. The van der Waals surface area contributed by atoms with Gasteiger partial charge in [0.05, 0.1) is 12.8 Å². The molecule has 0 unspecified atom stereocenters. The number of amides is 1. The molecule has 0 bridgehead atoms. The summed E-state index contributed by atoms with van der Waals surface area (Å²) in [5.41, 5.74) is 3.00. The molecule has 1 saturated heterocycles. The van der Waals surface area contributed by atoms with Crippen molar-refractivity contribution in [2.75, 3.05) is 44.8 Å². The number of hydrogen-bond acceptors (Lipinski definition) is 6. The fourth-order valence-corrected chi connectivity index (χ4v) is 3.97. The highest BCUT2D eigenvalue weighted by Crippen LogP contribution is 2.28. The molecule has 0 radical (unpaired) electrons. The normalized spacial score (nSPS) is 14.1. The molecular formula is C27H32N4O3. The van der Waals surface area contributed by atoms with Crippen molar-refractivity contribution in [2.45, 2.75) is 26.2 Å². The molecule has 178 valence electrons. The van der Waals surface area contributed by atoms with E-state index in [0.29, 0.717) is 31.9 Å². The fourth-order valence-electron chi connectivity index (χ4n) is 3.97. The van der Waals surface area contributed by atoms with E-state index >= 15 is 0 Å². The highest BCUT2D eigenvalue weighted by atomic mass is 16.5. The second-order valence-corrected chi connectivity index (χ2v) is 9.41. The van der Waals surface area contributed by atoms with Crippen LogP contribution in [0.1, 0.15) is 26.3 Å². The maximum atomic E-state index is 12.6.